The highest BCUT2D eigenvalue weighted by molar-refractivity contribution is 14.1. The number of benzene rings is 1. The predicted molar refractivity (Wildman–Crippen MR) is 65.5 cm³/mol. The van der Waals surface area contributed by atoms with Crippen molar-refractivity contribution in [2.75, 3.05) is 0 Å². The van der Waals surface area contributed by atoms with Crippen LogP contribution in [0, 0.1) is 3.57 Å². The quantitative estimate of drug-likeness (QED) is 0.794. The van der Waals surface area contributed by atoms with Crippen molar-refractivity contribution in [2.45, 2.75) is 6.61 Å². The third-order valence-electron chi connectivity index (χ3n) is 1.87. The van der Waals surface area contributed by atoms with E-state index in [4.69, 9.17) is 16.7 Å². The summed E-state index contributed by atoms with van der Waals surface area (Å²) in [6, 6.07) is 5.89. The Kier molecular flexibility index (Phi) is 2.78. The second-order valence-electron chi connectivity index (χ2n) is 2.64. The highest BCUT2D eigenvalue weighted by Gasteiger charge is 2.09. The largest absolute Gasteiger partial charge is 0.392 e. The molecule has 13 heavy (non-hydrogen) atoms. The number of thiophene rings is 1. The summed E-state index contributed by atoms with van der Waals surface area (Å²) in [7, 11) is 0. The Labute approximate surface area is 98.5 Å². The van der Waals surface area contributed by atoms with Crippen LogP contribution in [0.25, 0.3) is 10.1 Å². The number of halogens is 2. The molecule has 0 spiro atoms. The standard InChI is InChI=1S/C9H6ClIOS/c10-9-7(11)6-3-1-2-5(4-12)8(6)13-9/h1-3,12H,4H2. The zero-order chi connectivity index (χ0) is 9.42. The minimum atomic E-state index is 0.0737. The van der Waals surface area contributed by atoms with Gasteiger partial charge < -0.3 is 5.11 Å². The maximum absolute atomic E-state index is 9.10. The molecule has 0 aliphatic rings. The van der Waals surface area contributed by atoms with Crippen LogP contribution in [-0.2, 0) is 6.61 Å². The molecule has 0 unspecified atom stereocenters. The Morgan fingerprint density at radius 3 is 2.92 bits per heavy atom. The van der Waals surface area contributed by atoms with Crippen LogP contribution in [0.15, 0.2) is 18.2 Å². The molecule has 1 aromatic heterocycles. The van der Waals surface area contributed by atoms with Gasteiger partial charge in [0.05, 0.1) is 10.2 Å². The first kappa shape index (κ1) is 9.71. The van der Waals surface area contributed by atoms with E-state index in [9.17, 15) is 0 Å². The van der Waals surface area contributed by atoms with Crippen molar-refractivity contribution in [3.63, 3.8) is 0 Å². The van der Waals surface area contributed by atoms with Crippen molar-refractivity contribution in [1.82, 2.24) is 0 Å². The number of fused-ring (bicyclic) bond motifs is 1. The van der Waals surface area contributed by atoms with E-state index in [2.05, 4.69) is 22.6 Å². The SMILES string of the molecule is OCc1cccc2c(I)c(Cl)sc12. The van der Waals surface area contributed by atoms with Gasteiger partial charge in [-0.2, -0.15) is 0 Å². The van der Waals surface area contributed by atoms with Crippen molar-refractivity contribution in [3.05, 3.63) is 31.7 Å². The molecule has 68 valence electrons. The molecule has 1 heterocycles. The molecule has 0 radical (unpaired) electrons. The van der Waals surface area contributed by atoms with Crippen LogP contribution in [-0.4, -0.2) is 5.11 Å². The molecule has 1 nitrogen and oxygen atoms in total. The Balaban J connectivity index is 2.84. The zero-order valence-corrected chi connectivity index (χ0v) is 10.3. The summed E-state index contributed by atoms with van der Waals surface area (Å²) in [6.07, 6.45) is 0. The van der Waals surface area contributed by atoms with Crippen LogP contribution in [0.2, 0.25) is 4.34 Å². The van der Waals surface area contributed by atoms with Crippen LogP contribution < -0.4 is 0 Å². The van der Waals surface area contributed by atoms with Crippen LogP contribution in [0.3, 0.4) is 0 Å². The number of aliphatic hydroxyl groups excluding tert-OH is 1. The lowest BCUT2D eigenvalue weighted by Gasteiger charge is -1.96. The van der Waals surface area contributed by atoms with Crippen molar-refractivity contribution in [2.24, 2.45) is 0 Å². The summed E-state index contributed by atoms with van der Waals surface area (Å²) in [5, 5.41) is 10.2. The summed E-state index contributed by atoms with van der Waals surface area (Å²) < 4.78 is 2.98. The van der Waals surface area contributed by atoms with E-state index in [1.54, 1.807) is 0 Å². The monoisotopic (exact) mass is 324 g/mol. The zero-order valence-electron chi connectivity index (χ0n) is 6.55. The smallest absolute Gasteiger partial charge is 0.107 e. The van der Waals surface area contributed by atoms with Gasteiger partial charge in [0.2, 0.25) is 0 Å². The molecule has 1 aromatic carbocycles. The lowest BCUT2D eigenvalue weighted by molar-refractivity contribution is 0.283. The molecule has 1 N–H and O–H groups in total. The first-order chi connectivity index (χ1) is 6.24. The van der Waals surface area contributed by atoms with Gasteiger partial charge in [0.15, 0.2) is 0 Å². The summed E-state index contributed by atoms with van der Waals surface area (Å²) >= 11 is 9.77. The van der Waals surface area contributed by atoms with E-state index in [-0.39, 0.29) is 6.61 Å². The number of rotatable bonds is 1. The van der Waals surface area contributed by atoms with Gasteiger partial charge in [-0.3, -0.25) is 0 Å². The van der Waals surface area contributed by atoms with Crippen molar-refractivity contribution >= 4 is 55.6 Å². The maximum atomic E-state index is 9.10. The van der Waals surface area contributed by atoms with Gasteiger partial charge in [-0.25, -0.2) is 0 Å². The Morgan fingerprint density at radius 1 is 1.46 bits per heavy atom. The van der Waals surface area contributed by atoms with Crippen molar-refractivity contribution < 1.29 is 5.11 Å². The third-order valence-corrected chi connectivity index (χ3v) is 5.16. The Hall–Kier alpha value is 0.160. The number of hydrogen-bond donors (Lipinski definition) is 1. The van der Waals surface area contributed by atoms with Gasteiger partial charge in [0, 0.05) is 10.1 Å². The van der Waals surface area contributed by atoms with Gasteiger partial charge in [-0.05, 0) is 28.2 Å². The fourth-order valence-corrected chi connectivity index (χ4v) is 3.46. The summed E-state index contributed by atoms with van der Waals surface area (Å²) in [5.41, 5.74) is 0.951. The molecule has 0 fully saturated rings. The van der Waals surface area contributed by atoms with E-state index in [1.807, 2.05) is 18.2 Å². The average Bonchev–Trinajstić information content (AvgIpc) is 2.43. The van der Waals surface area contributed by atoms with Crippen molar-refractivity contribution in [1.29, 1.82) is 0 Å². The predicted octanol–water partition coefficient (Wildman–Crippen LogP) is 3.65. The molecule has 2 aromatic rings. The summed E-state index contributed by atoms with van der Waals surface area (Å²) in [4.78, 5) is 0. The minimum absolute atomic E-state index is 0.0737. The summed E-state index contributed by atoms with van der Waals surface area (Å²) in [6.45, 7) is 0.0737. The van der Waals surface area contributed by atoms with E-state index < -0.39 is 0 Å². The molecular formula is C9H6ClIOS. The fourth-order valence-electron chi connectivity index (χ4n) is 1.24. The fraction of sp³-hybridized carbons (Fsp3) is 0.111. The second kappa shape index (κ2) is 3.73. The lowest BCUT2D eigenvalue weighted by atomic mass is 10.2. The first-order valence-electron chi connectivity index (χ1n) is 3.70. The lowest BCUT2D eigenvalue weighted by Crippen LogP contribution is -1.81. The van der Waals surface area contributed by atoms with Crippen LogP contribution in [0.5, 0.6) is 0 Å². The number of aliphatic hydroxyl groups is 1. The molecule has 0 saturated carbocycles. The van der Waals surface area contributed by atoms with Gasteiger partial charge in [-0.1, -0.05) is 29.8 Å². The normalized spacial score (nSPS) is 11.0. The summed E-state index contributed by atoms with van der Waals surface area (Å²) in [5.74, 6) is 0. The first-order valence-corrected chi connectivity index (χ1v) is 5.97. The third kappa shape index (κ3) is 1.58. The van der Waals surface area contributed by atoms with E-state index in [1.165, 1.54) is 11.3 Å². The highest BCUT2D eigenvalue weighted by Crippen LogP contribution is 2.37. The molecule has 0 saturated heterocycles. The van der Waals surface area contributed by atoms with E-state index >= 15 is 0 Å². The molecule has 0 aliphatic heterocycles. The van der Waals surface area contributed by atoms with Crippen LogP contribution >= 0.6 is 45.5 Å². The average molecular weight is 325 g/mol. The highest BCUT2D eigenvalue weighted by atomic mass is 127. The van der Waals surface area contributed by atoms with Crippen molar-refractivity contribution in [3.8, 4) is 0 Å². The second-order valence-corrected chi connectivity index (χ2v) is 5.34. The van der Waals surface area contributed by atoms with E-state index in [0.717, 1.165) is 23.6 Å². The van der Waals surface area contributed by atoms with Crippen LogP contribution in [0.1, 0.15) is 5.56 Å². The van der Waals surface area contributed by atoms with Gasteiger partial charge in [-0.15, -0.1) is 11.3 Å². The van der Waals surface area contributed by atoms with Crippen LogP contribution in [0.4, 0.5) is 0 Å². The van der Waals surface area contributed by atoms with Gasteiger partial charge in [0.25, 0.3) is 0 Å². The number of hydrogen-bond acceptors (Lipinski definition) is 2. The van der Waals surface area contributed by atoms with Gasteiger partial charge in [0.1, 0.15) is 4.34 Å². The molecule has 0 atom stereocenters. The molecule has 4 heteroatoms. The molecular weight excluding hydrogens is 319 g/mol. The molecule has 0 aliphatic carbocycles. The molecule has 0 bridgehead atoms. The molecule has 0 amide bonds. The van der Waals surface area contributed by atoms with Gasteiger partial charge >= 0.3 is 0 Å². The maximum Gasteiger partial charge on any atom is 0.107 e. The Morgan fingerprint density at radius 2 is 2.23 bits per heavy atom. The molecule has 2 rings (SSSR count). The Bertz CT molecular complexity index is 452. The minimum Gasteiger partial charge on any atom is -0.392 e. The topological polar surface area (TPSA) is 20.2 Å². The van der Waals surface area contributed by atoms with E-state index in [0.29, 0.717) is 0 Å².